The third-order valence-electron chi connectivity index (χ3n) is 7.24. The summed E-state index contributed by atoms with van der Waals surface area (Å²) in [5, 5.41) is 17.4. The molecule has 0 heterocycles. The number of hydrogen-bond donors (Lipinski definition) is 4. The number of carbonyl (C=O) groups excluding carboxylic acids is 3. The second kappa shape index (κ2) is 18.7. The van der Waals surface area contributed by atoms with Crippen molar-refractivity contribution in [3.8, 4) is 5.75 Å². The van der Waals surface area contributed by atoms with Crippen LogP contribution < -0.4 is 20.7 Å². The molecule has 3 rings (SSSR count). The van der Waals surface area contributed by atoms with Gasteiger partial charge < -0.3 is 30.5 Å². The summed E-state index contributed by atoms with van der Waals surface area (Å²) < 4.78 is 10.9. The fourth-order valence-electron chi connectivity index (χ4n) is 4.70. The Labute approximate surface area is 264 Å². The van der Waals surface area contributed by atoms with Gasteiger partial charge in [0.1, 0.15) is 24.4 Å². The van der Waals surface area contributed by atoms with E-state index >= 15 is 0 Å². The minimum Gasteiger partial charge on any atom is -0.494 e. The summed E-state index contributed by atoms with van der Waals surface area (Å²) in [6.07, 6.45) is 0.900. The lowest BCUT2D eigenvalue weighted by atomic mass is 10.0. The molecule has 0 bridgehead atoms. The van der Waals surface area contributed by atoms with Gasteiger partial charge in [0.05, 0.1) is 6.61 Å². The Hall–Kier alpha value is -4.86. The van der Waals surface area contributed by atoms with E-state index in [1.807, 2.05) is 92.7 Å². The maximum Gasteiger partial charge on any atom is 0.408 e. The fourth-order valence-corrected chi connectivity index (χ4v) is 4.70. The van der Waals surface area contributed by atoms with E-state index in [0.29, 0.717) is 38.0 Å². The molecule has 0 aromatic heterocycles. The molecule has 0 aliphatic carbocycles. The average Bonchev–Trinajstić information content (AvgIpc) is 3.04. The molecule has 0 aliphatic rings. The Bertz CT molecular complexity index is 1380. The molecule has 240 valence electrons. The van der Waals surface area contributed by atoms with E-state index in [0.717, 1.165) is 22.3 Å². The minimum atomic E-state index is -1.03. The lowest BCUT2D eigenvalue weighted by Gasteiger charge is -2.23. The number of alkyl carbamates (subject to hydrolysis) is 1. The number of carbonyl (C=O) groups is 4. The first-order valence-corrected chi connectivity index (χ1v) is 15.3. The first kappa shape index (κ1) is 34.6. The largest absolute Gasteiger partial charge is 0.494 e. The molecule has 10 heteroatoms. The molecule has 0 spiro atoms. The summed E-state index contributed by atoms with van der Waals surface area (Å²) in [5.41, 5.74) is 3.68. The standard InChI is InChI=1S/C35H43N3O7/c1-3-44-29-20-18-25(2)28(22-29)23-36-33(41)31(21-19-26-12-6-4-7-13-26)37-34(42)30(16-10-11-17-32(39)40)38-35(43)45-24-27-14-8-5-9-15-27/h4-9,12-15,18,20,22,30-31H,3,10-11,16-17,19,21,23-24H2,1-2H3,(H,36,41)(H,37,42)(H,38,43)(H,39,40)/t30-,31?/m0/s1. The van der Waals surface area contributed by atoms with Crippen LogP contribution in [-0.4, -0.2) is 47.7 Å². The van der Waals surface area contributed by atoms with Crippen LogP contribution >= 0.6 is 0 Å². The van der Waals surface area contributed by atoms with Gasteiger partial charge in [-0.1, -0.05) is 73.2 Å². The van der Waals surface area contributed by atoms with Gasteiger partial charge in [0.25, 0.3) is 0 Å². The molecule has 10 nitrogen and oxygen atoms in total. The summed E-state index contributed by atoms with van der Waals surface area (Å²) >= 11 is 0. The highest BCUT2D eigenvalue weighted by atomic mass is 16.5. The number of carboxylic acids is 1. The molecule has 0 fully saturated rings. The SMILES string of the molecule is CCOc1ccc(C)c(CNC(=O)C(CCc2ccccc2)NC(=O)[C@H](CCCCC(=O)O)NC(=O)OCc2ccccc2)c1. The molecule has 2 atom stereocenters. The van der Waals surface area contributed by atoms with Gasteiger partial charge in [0.2, 0.25) is 11.8 Å². The molecule has 45 heavy (non-hydrogen) atoms. The predicted octanol–water partition coefficient (Wildman–Crippen LogP) is 5.07. The quantitative estimate of drug-likeness (QED) is 0.146. The van der Waals surface area contributed by atoms with Gasteiger partial charge in [-0.25, -0.2) is 4.79 Å². The number of unbranched alkanes of at least 4 members (excludes halogenated alkanes) is 1. The van der Waals surface area contributed by atoms with Crippen molar-refractivity contribution in [2.24, 2.45) is 0 Å². The molecular weight excluding hydrogens is 574 g/mol. The van der Waals surface area contributed by atoms with Gasteiger partial charge in [-0.3, -0.25) is 14.4 Å². The maximum absolute atomic E-state index is 13.6. The number of aliphatic carboxylic acids is 1. The monoisotopic (exact) mass is 617 g/mol. The molecule has 1 unspecified atom stereocenters. The van der Waals surface area contributed by atoms with Crippen molar-refractivity contribution in [2.45, 2.75) is 77.6 Å². The number of carboxylic acid groups (broad SMARTS) is 1. The lowest BCUT2D eigenvalue weighted by Crippen LogP contribution is -2.53. The first-order valence-electron chi connectivity index (χ1n) is 15.3. The van der Waals surface area contributed by atoms with E-state index < -0.39 is 30.1 Å². The van der Waals surface area contributed by atoms with Crippen molar-refractivity contribution in [3.63, 3.8) is 0 Å². The van der Waals surface area contributed by atoms with E-state index in [1.165, 1.54) is 0 Å². The van der Waals surface area contributed by atoms with Crippen molar-refractivity contribution in [1.29, 1.82) is 0 Å². The van der Waals surface area contributed by atoms with Crippen molar-refractivity contribution in [3.05, 3.63) is 101 Å². The Morgan fingerprint density at radius 1 is 0.800 bits per heavy atom. The van der Waals surface area contributed by atoms with Crippen molar-refractivity contribution in [1.82, 2.24) is 16.0 Å². The zero-order valence-electron chi connectivity index (χ0n) is 25.9. The Kier molecular flexibility index (Phi) is 14.4. The normalized spacial score (nSPS) is 12.0. The third-order valence-corrected chi connectivity index (χ3v) is 7.24. The summed E-state index contributed by atoms with van der Waals surface area (Å²) in [7, 11) is 0. The van der Waals surface area contributed by atoms with Crippen molar-refractivity contribution in [2.75, 3.05) is 6.61 Å². The summed E-state index contributed by atoms with van der Waals surface area (Å²) in [6.45, 7) is 4.63. The minimum absolute atomic E-state index is 0.0199. The van der Waals surface area contributed by atoms with E-state index in [9.17, 15) is 19.2 Å². The molecular formula is C35H43N3O7. The second-order valence-corrected chi connectivity index (χ2v) is 10.7. The Morgan fingerprint density at radius 3 is 2.13 bits per heavy atom. The van der Waals surface area contributed by atoms with Crippen LogP contribution in [0.25, 0.3) is 0 Å². The summed E-state index contributed by atoms with van der Waals surface area (Å²) in [6, 6.07) is 22.5. The zero-order chi connectivity index (χ0) is 32.4. The fraction of sp³-hybridized carbons (Fsp3) is 0.371. The number of rotatable bonds is 18. The molecule has 0 saturated heterocycles. The number of ether oxygens (including phenoxy) is 2. The first-order chi connectivity index (χ1) is 21.7. The number of aryl methyl sites for hydroxylation is 2. The van der Waals surface area contributed by atoms with Gasteiger partial charge in [0, 0.05) is 13.0 Å². The molecule has 0 saturated carbocycles. The third kappa shape index (κ3) is 12.7. The zero-order valence-corrected chi connectivity index (χ0v) is 25.9. The van der Waals surface area contributed by atoms with Crippen molar-refractivity contribution >= 4 is 23.9 Å². The van der Waals surface area contributed by atoms with E-state index in [-0.39, 0.29) is 31.9 Å². The molecule has 4 N–H and O–H groups in total. The molecule has 3 amide bonds. The van der Waals surface area contributed by atoms with Gasteiger partial charge in [-0.15, -0.1) is 0 Å². The number of nitrogens with one attached hydrogen (secondary N) is 3. The van der Waals surface area contributed by atoms with Crippen LogP contribution in [0.4, 0.5) is 4.79 Å². The number of hydrogen-bond acceptors (Lipinski definition) is 6. The van der Waals surface area contributed by atoms with E-state index in [4.69, 9.17) is 14.6 Å². The van der Waals surface area contributed by atoms with Gasteiger partial charge in [-0.2, -0.15) is 0 Å². The van der Waals surface area contributed by atoms with Crippen LogP contribution in [0.1, 0.15) is 61.3 Å². The van der Waals surface area contributed by atoms with Crippen LogP contribution in [-0.2, 0) is 38.7 Å². The number of benzene rings is 3. The Balaban J connectivity index is 1.71. The highest BCUT2D eigenvalue weighted by Gasteiger charge is 2.27. The van der Waals surface area contributed by atoms with E-state index in [2.05, 4.69) is 16.0 Å². The predicted molar refractivity (Wildman–Crippen MR) is 171 cm³/mol. The smallest absolute Gasteiger partial charge is 0.408 e. The molecule has 0 aliphatic heterocycles. The maximum atomic E-state index is 13.6. The van der Waals surface area contributed by atoms with Gasteiger partial charge >= 0.3 is 12.1 Å². The van der Waals surface area contributed by atoms with E-state index in [1.54, 1.807) is 0 Å². The van der Waals surface area contributed by atoms with Crippen molar-refractivity contribution < 1.29 is 33.8 Å². The lowest BCUT2D eigenvalue weighted by molar-refractivity contribution is -0.137. The molecule has 0 radical (unpaired) electrons. The van der Waals surface area contributed by atoms with Gasteiger partial charge in [0.15, 0.2) is 0 Å². The highest BCUT2D eigenvalue weighted by molar-refractivity contribution is 5.91. The van der Waals surface area contributed by atoms with Gasteiger partial charge in [-0.05, 0) is 73.9 Å². The van der Waals surface area contributed by atoms with Crippen LogP contribution in [0.15, 0.2) is 78.9 Å². The van der Waals surface area contributed by atoms with Crippen LogP contribution in [0.2, 0.25) is 0 Å². The second-order valence-electron chi connectivity index (χ2n) is 10.7. The highest BCUT2D eigenvalue weighted by Crippen LogP contribution is 2.18. The summed E-state index contributed by atoms with van der Waals surface area (Å²) in [5.74, 6) is -1.15. The number of amides is 3. The molecule has 3 aromatic rings. The molecule has 3 aromatic carbocycles. The topological polar surface area (TPSA) is 143 Å². The van der Waals surface area contributed by atoms with Crippen LogP contribution in [0.5, 0.6) is 5.75 Å². The summed E-state index contributed by atoms with van der Waals surface area (Å²) in [4.78, 5) is 50.7. The van der Waals surface area contributed by atoms with Crippen LogP contribution in [0, 0.1) is 6.92 Å². The average molecular weight is 618 g/mol. The Morgan fingerprint density at radius 2 is 1.47 bits per heavy atom. The van der Waals surface area contributed by atoms with Crippen LogP contribution in [0.3, 0.4) is 0 Å².